The number of nitrogens with zero attached hydrogens (tertiary/aromatic N) is 3. The fraction of sp³-hybridized carbons (Fsp3) is 0.400. The first-order chi connectivity index (χ1) is 9.65. The molecule has 1 aliphatic rings. The molecule has 2 aromatic rings. The number of fused-ring (bicyclic) bond motifs is 1. The summed E-state index contributed by atoms with van der Waals surface area (Å²) in [7, 11) is 1.87. The van der Waals surface area contributed by atoms with Crippen molar-refractivity contribution in [3.05, 3.63) is 35.7 Å². The monoisotopic (exact) mass is 287 g/mol. The Morgan fingerprint density at radius 1 is 1.30 bits per heavy atom. The van der Waals surface area contributed by atoms with E-state index in [4.69, 9.17) is 0 Å². The molecule has 1 fully saturated rings. The number of thioether (sulfide) groups is 1. The van der Waals surface area contributed by atoms with Crippen molar-refractivity contribution < 1.29 is 4.79 Å². The fourth-order valence-electron chi connectivity index (χ4n) is 2.39. The van der Waals surface area contributed by atoms with Crippen LogP contribution in [0.2, 0.25) is 0 Å². The van der Waals surface area contributed by atoms with Gasteiger partial charge in [0.2, 0.25) is 5.91 Å². The minimum absolute atomic E-state index is 0.0765. The molecule has 1 amide bonds. The van der Waals surface area contributed by atoms with Gasteiger partial charge in [0, 0.05) is 19.3 Å². The Bertz CT molecular complexity index is 659. The van der Waals surface area contributed by atoms with Gasteiger partial charge in [0.05, 0.1) is 27.7 Å². The molecule has 0 spiro atoms. The van der Waals surface area contributed by atoms with Gasteiger partial charge in [0.15, 0.2) is 0 Å². The molecule has 0 saturated carbocycles. The second-order valence-corrected chi connectivity index (χ2v) is 6.28. The van der Waals surface area contributed by atoms with Gasteiger partial charge in [-0.25, -0.2) is 9.97 Å². The van der Waals surface area contributed by atoms with Crippen molar-refractivity contribution in [3.8, 4) is 0 Å². The van der Waals surface area contributed by atoms with Gasteiger partial charge in [-0.15, -0.1) is 11.8 Å². The summed E-state index contributed by atoms with van der Waals surface area (Å²) < 4.78 is 0. The first-order valence-corrected chi connectivity index (χ1v) is 7.79. The molecule has 4 nitrogen and oxygen atoms in total. The van der Waals surface area contributed by atoms with Gasteiger partial charge in [-0.05, 0) is 25.5 Å². The zero-order chi connectivity index (χ0) is 14.1. The quantitative estimate of drug-likeness (QED) is 0.869. The van der Waals surface area contributed by atoms with E-state index in [9.17, 15) is 4.79 Å². The highest BCUT2D eigenvalue weighted by atomic mass is 32.2. The highest BCUT2D eigenvalue weighted by Gasteiger charge is 2.29. The van der Waals surface area contributed by atoms with Gasteiger partial charge in [0.1, 0.15) is 0 Å². The first-order valence-electron chi connectivity index (χ1n) is 6.74. The molecule has 0 bridgehead atoms. The van der Waals surface area contributed by atoms with Crippen molar-refractivity contribution in [1.82, 2.24) is 14.9 Å². The van der Waals surface area contributed by atoms with E-state index in [0.717, 1.165) is 41.1 Å². The van der Waals surface area contributed by atoms with E-state index in [0.29, 0.717) is 0 Å². The molecular formula is C15H17N3OS. The lowest BCUT2D eigenvalue weighted by Crippen LogP contribution is -2.23. The van der Waals surface area contributed by atoms with Crippen LogP contribution >= 0.6 is 11.8 Å². The second-order valence-electron chi connectivity index (χ2n) is 5.09. The van der Waals surface area contributed by atoms with Gasteiger partial charge < -0.3 is 4.90 Å². The molecule has 1 aliphatic heterocycles. The van der Waals surface area contributed by atoms with E-state index in [1.165, 1.54) is 0 Å². The second kappa shape index (κ2) is 5.40. The maximum absolute atomic E-state index is 11.9. The van der Waals surface area contributed by atoms with Crippen molar-refractivity contribution in [2.24, 2.45) is 0 Å². The lowest BCUT2D eigenvalue weighted by molar-refractivity contribution is -0.126. The number of amides is 1. The minimum Gasteiger partial charge on any atom is -0.345 e. The van der Waals surface area contributed by atoms with Crippen LogP contribution in [0.3, 0.4) is 0 Å². The zero-order valence-electron chi connectivity index (χ0n) is 11.7. The van der Waals surface area contributed by atoms with E-state index in [-0.39, 0.29) is 11.2 Å². The predicted molar refractivity (Wildman–Crippen MR) is 81.6 cm³/mol. The summed E-state index contributed by atoms with van der Waals surface area (Å²) in [6.07, 6.45) is 0.931. The summed E-state index contributed by atoms with van der Waals surface area (Å²) >= 11 is 1.68. The average molecular weight is 287 g/mol. The van der Waals surface area contributed by atoms with Gasteiger partial charge in [-0.1, -0.05) is 12.1 Å². The Labute approximate surface area is 122 Å². The largest absolute Gasteiger partial charge is 0.345 e. The molecule has 20 heavy (non-hydrogen) atoms. The Hall–Kier alpha value is -1.62. The SMILES string of the molecule is Cc1nc2ccccc2nc1CSC1CCN(C)C1=O. The molecule has 104 valence electrons. The van der Waals surface area contributed by atoms with Crippen LogP contribution in [0.15, 0.2) is 24.3 Å². The topological polar surface area (TPSA) is 46.1 Å². The molecule has 0 aliphatic carbocycles. The van der Waals surface area contributed by atoms with Crippen LogP contribution in [-0.4, -0.2) is 39.6 Å². The number of carbonyl (C=O) groups excluding carboxylic acids is 1. The van der Waals surface area contributed by atoms with Crippen LogP contribution in [-0.2, 0) is 10.5 Å². The summed E-state index contributed by atoms with van der Waals surface area (Å²) in [5, 5.41) is 0.0765. The molecule has 5 heteroatoms. The number of rotatable bonds is 3. The van der Waals surface area contributed by atoms with Crippen LogP contribution in [0.25, 0.3) is 11.0 Å². The maximum atomic E-state index is 11.9. The van der Waals surface area contributed by atoms with Gasteiger partial charge in [-0.3, -0.25) is 4.79 Å². The van der Waals surface area contributed by atoms with Crippen molar-refractivity contribution in [1.29, 1.82) is 0 Å². The summed E-state index contributed by atoms with van der Waals surface area (Å²) in [6, 6.07) is 7.89. The van der Waals surface area contributed by atoms with Crippen molar-refractivity contribution in [2.75, 3.05) is 13.6 Å². The molecular weight excluding hydrogens is 270 g/mol. The lowest BCUT2D eigenvalue weighted by Gasteiger charge is -2.11. The number of hydrogen-bond donors (Lipinski definition) is 0. The Morgan fingerprint density at radius 3 is 2.65 bits per heavy atom. The molecule has 1 saturated heterocycles. The van der Waals surface area contributed by atoms with Crippen LogP contribution in [0.1, 0.15) is 17.8 Å². The van der Waals surface area contributed by atoms with Crippen LogP contribution in [0, 0.1) is 6.92 Å². The van der Waals surface area contributed by atoms with Gasteiger partial charge in [0.25, 0.3) is 0 Å². The van der Waals surface area contributed by atoms with E-state index < -0.39 is 0 Å². The normalized spacial score (nSPS) is 19.0. The first kappa shape index (κ1) is 13.4. The van der Waals surface area contributed by atoms with E-state index in [1.807, 2.05) is 38.2 Å². The third-order valence-electron chi connectivity index (χ3n) is 3.64. The molecule has 3 rings (SSSR count). The summed E-state index contributed by atoms with van der Waals surface area (Å²) in [5.41, 5.74) is 3.78. The third-order valence-corrected chi connectivity index (χ3v) is 4.92. The Balaban J connectivity index is 1.77. The number of aryl methyl sites for hydroxylation is 1. The van der Waals surface area contributed by atoms with E-state index in [2.05, 4.69) is 9.97 Å². The molecule has 0 N–H and O–H groups in total. The minimum atomic E-state index is 0.0765. The lowest BCUT2D eigenvalue weighted by atomic mass is 10.2. The third kappa shape index (κ3) is 2.50. The number of benzene rings is 1. The number of likely N-dealkylation sites (tertiary alicyclic amines) is 1. The highest BCUT2D eigenvalue weighted by Crippen LogP contribution is 2.27. The summed E-state index contributed by atoms with van der Waals surface area (Å²) in [6.45, 7) is 2.84. The van der Waals surface area contributed by atoms with Gasteiger partial charge >= 0.3 is 0 Å². The van der Waals surface area contributed by atoms with Crippen LogP contribution in [0.5, 0.6) is 0 Å². The zero-order valence-corrected chi connectivity index (χ0v) is 12.5. The predicted octanol–water partition coefficient (Wildman–Crippen LogP) is 2.40. The molecule has 1 unspecified atom stereocenters. The van der Waals surface area contributed by atoms with Crippen molar-refractivity contribution >= 4 is 28.7 Å². The summed E-state index contributed by atoms with van der Waals surface area (Å²) in [5.74, 6) is 0.981. The molecule has 1 atom stereocenters. The van der Waals surface area contributed by atoms with E-state index in [1.54, 1.807) is 16.7 Å². The Kier molecular flexibility index (Phi) is 3.61. The number of hydrogen-bond acceptors (Lipinski definition) is 4. The van der Waals surface area contributed by atoms with Crippen LogP contribution in [0.4, 0.5) is 0 Å². The Morgan fingerprint density at radius 2 is 2.00 bits per heavy atom. The van der Waals surface area contributed by atoms with Crippen molar-refractivity contribution in [3.63, 3.8) is 0 Å². The molecule has 1 aromatic heterocycles. The fourth-order valence-corrected chi connectivity index (χ4v) is 3.61. The maximum Gasteiger partial charge on any atom is 0.235 e. The van der Waals surface area contributed by atoms with Crippen LogP contribution < -0.4 is 0 Å². The molecule has 2 heterocycles. The number of aromatic nitrogens is 2. The smallest absolute Gasteiger partial charge is 0.235 e. The van der Waals surface area contributed by atoms with Crippen molar-refractivity contribution in [2.45, 2.75) is 24.3 Å². The number of carbonyl (C=O) groups is 1. The summed E-state index contributed by atoms with van der Waals surface area (Å²) in [4.78, 5) is 23.0. The number of para-hydroxylation sites is 2. The van der Waals surface area contributed by atoms with Gasteiger partial charge in [-0.2, -0.15) is 0 Å². The highest BCUT2D eigenvalue weighted by molar-refractivity contribution is 7.99. The van der Waals surface area contributed by atoms with E-state index >= 15 is 0 Å². The molecule has 1 aromatic carbocycles. The standard InChI is InChI=1S/C15H17N3OS/c1-10-13(9-20-14-7-8-18(2)15(14)19)17-12-6-4-3-5-11(12)16-10/h3-6,14H,7-9H2,1-2H3. The average Bonchev–Trinajstić information content (AvgIpc) is 2.76. The molecule has 0 radical (unpaired) electrons.